The number of carbonyl (C=O) groups is 2. The molecule has 1 aliphatic rings. The van der Waals surface area contributed by atoms with Crippen molar-refractivity contribution in [3.63, 3.8) is 0 Å². The molecule has 1 atom stereocenters. The van der Waals surface area contributed by atoms with Crippen molar-refractivity contribution in [3.05, 3.63) is 70.9 Å². The van der Waals surface area contributed by atoms with E-state index >= 15 is 0 Å². The maximum atomic E-state index is 12.4. The van der Waals surface area contributed by atoms with Gasteiger partial charge < -0.3 is 25.6 Å². The smallest absolute Gasteiger partial charge is 0.337 e. The first-order valence-electron chi connectivity index (χ1n) is 9.94. The summed E-state index contributed by atoms with van der Waals surface area (Å²) < 4.78 is 4.98. The van der Waals surface area contributed by atoms with Gasteiger partial charge in [0, 0.05) is 24.1 Å². The number of para-hydroxylation sites is 1. The van der Waals surface area contributed by atoms with Crippen LogP contribution in [0.1, 0.15) is 31.0 Å². The predicted molar refractivity (Wildman–Crippen MR) is 126 cm³/mol. The zero-order valence-corrected chi connectivity index (χ0v) is 18.8. The van der Waals surface area contributed by atoms with Gasteiger partial charge in [0.25, 0.3) is 0 Å². The molecule has 2 aromatic carbocycles. The molecular weight excluding hydrogens is 412 g/mol. The summed E-state index contributed by atoms with van der Waals surface area (Å²) in [5.74, 6) is -0.416. The second-order valence-corrected chi connectivity index (χ2v) is 7.53. The van der Waals surface area contributed by atoms with Crippen LogP contribution in [-0.4, -0.2) is 36.2 Å². The van der Waals surface area contributed by atoms with Gasteiger partial charge in [0.05, 0.1) is 18.7 Å². The van der Waals surface area contributed by atoms with E-state index in [4.69, 9.17) is 17.0 Å². The highest BCUT2D eigenvalue weighted by Crippen LogP contribution is 2.31. The largest absolute Gasteiger partial charge is 0.466 e. The Hall–Kier alpha value is -3.39. The van der Waals surface area contributed by atoms with Crippen LogP contribution in [0.3, 0.4) is 0 Å². The molecule has 0 fully saturated rings. The molecule has 8 heteroatoms. The molecule has 0 bridgehead atoms. The molecule has 0 radical (unpaired) electrons. The highest BCUT2D eigenvalue weighted by atomic mass is 32.1. The lowest BCUT2D eigenvalue weighted by atomic mass is 9.95. The Labute approximate surface area is 187 Å². The molecule has 2 amide bonds. The van der Waals surface area contributed by atoms with Gasteiger partial charge in [0.1, 0.15) is 0 Å². The number of hydrogen-bond acceptors (Lipinski definition) is 4. The summed E-state index contributed by atoms with van der Waals surface area (Å²) in [6.07, 6.45) is 0.825. The number of carbonyl (C=O) groups excluding carboxylic acids is 2. The quantitative estimate of drug-likeness (QED) is 0.479. The number of aryl methyl sites for hydroxylation is 1. The van der Waals surface area contributed by atoms with E-state index in [1.165, 1.54) is 7.11 Å². The van der Waals surface area contributed by atoms with Gasteiger partial charge in [0.15, 0.2) is 5.11 Å². The molecule has 0 aromatic heterocycles. The van der Waals surface area contributed by atoms with E-state index < -0.39 is 12.0 Å². The molecule has 7 nitrogen and oxygen atoms in total. The molecule has 162 valence electrons. The monoisotopic (exact) mass is 438 g/mol. The third-order valence-electron chi connectivity index (χ3n) is 5.31. The van der Waals surface area contributed by atoms with Gasteiger partial charge in [0.2, 0.25) is 0 Å². The molecule has 2 aromatic rings. The van der Waals surface area contributed by atoms with E-state index in [-0.39, 0.29) is 6.03 Å². The van der Waals surface area contributed by atoms with Crippen LogP contribution in [0.25, 0.3) is 0 Å². The van der Waals surface area contributed by atoms with Gasteiger partial charge >= 0.3 is 12.0 Å². The third-order valence-corrected chi connectivity index (χ3v) is 5.70. The molecule has 0 spiro atoms. The van der Waals surface area contributed by atoms with Gasteiger partial charge in [-0.15, -0.1) is 0 Å². The van der Waals surface area contributed by atoms with Crippen molar-refractivity contribution in [2.45, 2.75) is 26.3 Å². The minimum absolute atomic E-state index is 0.321. The summed E-state index contributed by atoms with van der Waals surface area (Å²) in [5.41, 5.74) is 4.54. The van der Waals surface area contributed by atoms with Gasteiger partial charge in [-0.3, -0.25) is 0 Å². The topological polar surface area (TPSA) is 82.7 Å². The number of amides is 2. The van der Waals surface area contributed by atoms with Crippen LogP contribution in [0.15, 0.2) is 59.8 Å². The number of anilines is 2. The fourth-order valence-electron chi connectivity index (χ4n) is 3.45. The SMILES string of the molecule is CCc1ccccc1NC(=O)Nc1ccc(C2NC(=S)N(C)C(C)=C2C(=O)OC)cc1. The second kappa shape index (κ2) is 9.61. The van der Waals surface area contributed by atoms with Gasteiger partial charge in [-0.25, -0.2) is 9.59 Å². The van der Waals surface area contributed by atoms with Crippen LogP contribution < -0.4 is 16.0 Å². The van der Waals surface area contributed by atoms with Crippen molar-refractivity contribution in [1.82, 2.24) is 10.2 Å². The molecule has 1 heterocycles. The Balaban J connectivity index is 1.77. The van der Waals surface area contributed by atoms with Crippen molar-refractivity contribution in [2.75, 3.05) is 24.8 Å². The number of urea groups is 1. The number of nitrogens with zero attached hydrogens (tertiary/aromatic N) is 1. The van der Waals surface area contributed by atoms with E-state index in [0.29, 0.717) is 16.4 Å². The Morgan fingerprint density at radius 2 is 1.81 bits per heavy atom. The first-order valence-corrected chi connectivity index (χ1v) is 10.4. The molecule has 31 heavy (non-hydrogen) atoms. The average molecular weight is 439 g/mol. The van der Waals surface area contributed by atoms with E-state index in [9.17, 15) is 9.59 Å². The van der Waals surface area contributed by atoms with Crippen molar-refractivity contribution < 1.29 is 14.3 Å². The minimum Gasteiger partial charge on any atom is -0.466 e. The number of thiocarbonyl (C=S) groups is 1. The highest BCUT2D eigenvalue weighted by molar-refractivity contribution is 7.80. The molecule has 0 saturated carbocycles. The van der Waals surface area contributed by atoms with Crippen molar-refractivity contribution in [1.29, 1.82) is 0 Å². The van der Waals surface area contributed by atoms with Crippen LogP contribution in [0, 0.1) is 0 Å². The number of allylic oxidation sites excluding steroid dienone is 1. The lowest BCUT2D eigenvalue weighted by Crippen LogP contribution is -2.46. The van der Waals surface area contributed by atoms with Crippen molar-refractivity contribution >= 4 is 40.7 Å². The third kappa shape index (κ3) is 4.86. The number of hydrogen-bond donors (Lipinski definition) is 3. The maximum absolute atomic E-state index is 12.4. The van der Waals surface area contributed by atoms with E-state index in [1.807, 2.05) is 50.2 Å². The molecule has 3 rings (SSSR count). The molecule has 1 unspecified atom stereocenters. The Morgan fingerprint density at radius 1 is 1.13 bits per heavy atom. The summed E-state index contributed by atoms with van der Waals surface area (Å²) in [5, 5.41) is 9.42. The fourth-order valence-corrected chi connectivity index (χ4v) is 3.71. The van der Waals surface area contributed by atoms with Crippen LogP contribution in [-0.2, 0) is 16.0 Å². The molecular formula is C23H26N4O3S. The first kappa shape index (κ1) is 22.3. The van der Waals surface area contributed by atoms with Gasteiger partial charge in [-0.1, -0.05) is 37.3 Å². The number of nitrogens with one attached hydrogen (secondary N) is 3. The maximum Gasteiger partial charge on any atom is 0.337 e. The van der Waals surface area contributed by atoms with Crippen LogP contribution in [0.4, 0.5) is 16.2 Å². The Kier molecular flexibility index (Phi) is 6.91. The Bertz CT molecular complexity index is 1030. The lowest BCUT2D eigenvalue weighted by Gasteiger charge is -2.35. The number of benzene rings is 2. The second-order valence-electron chi connectivity index (χ2n) is 7.14. The number of methoxy groups -OCH3 is 1. The average Bonchev–Trinajstić information content (AvgIpc) is 2.77. The van der Waals surface area contributed by atoms with Crippen molar-refractivity contribution in [3.8, 4) is 0 Å². The van der Waals surface area contributed by atoms with Crippen LogP contribution >= 0.6 is 12.2 Å². The molecule has 0 saturated heterocycles. The number of rotatable bonds is 5. The highest BCUT2D eigenvalue weighted by Gasteiger charge is 2.33. The van der Waals surface area contributed by atoms with Gasteiger partial charge in [-0.05, 0) is 54.9 Å². The lowest BCUT2D eigenvalue weighted by molar-refractivity contribution is -0.136. The van der Waals surface area contributed by atoms with Gasteiger partial charge in [-0.2, -0.15) is 0 Å². The molecule has 3 N–H and O–H groups in total. The normalized spacial score (nSPS) is 15.9. The molecule has 1 aliphatic heterocycles. The standard InChI is InChI=1S/C23H26N4O3S/c1-5-15-8-6-7-9-18(15)25-22(29)24-17-12-10-16(11-13-17)20-19(21(28)30-4)14(2)27(3)23(31)26-20/h6-13,20H,5H2,1-4H3,(H,26,31)(H2,24,25,29). The number of esters is 1. The molecule has 0 aliphatic carbocycles. The predicted octanol–water partition coefficient (Wildman–Crippen LogP) is 4.20. The summed E-state index contributed by atoms with van der Waals surface area (Å²) in [7, 11) is 3.15. The summed E-state index contributed by atoms with van der Waals surface area (Å²) in [6.45, 7) is 3.87. The van der Waals surface area contributed by atoms with Crippen LogP contribution in [0.2, 0.25) is 0 Å². The minimum atomic E-state index is -0.435. The van der Waals surface area contributed by atoms with E-state index in [0.717, 1.165) is 28.9 Å². The summed E-state index contributed by atoms with van der Waals surface area (Å²) in [4.78, 5) is 26.6. The summed E-state index contributed by atoms with van der Waals surface area (Å²) >= 11 is 5.39. The zero-order chi connectivity index (χ0) is 22.5. The first-order chi connectivity index (χ1) is 14.8. The Morgan fingerprint density at radius 3 is 2.45 bits per heavy atom. The number of ether oxygens (including phenoxy) is 1. The van der Waals surface area contributed by atoms with E-state index in [2.05, 4.69) is 16.0 Å². The zero-order valence-electron chi connectivity index (χ0n) is 18.0. The summed E-state index contributed by atoms with van der Waals surface area (Å²) in [6, 6.07) is 14.2. The van der Waals surface area contributed by atoms with E-state index in [1.54, 1.807) is 24.1 Å². The fraction of sp³-hybridized carbons (Fsp3) is 0.261. The van der Waals surface area contributed by atoms with Crippen molar-refractivity contribution in [2.24, 2.45) is 0 Å². The van der Waals surface area contributed by atoms with Crippen LogP contribution in [0.5, 0.6) is 0 Å².